The molecule has 3 heterocycles. The van der Waals surface area contributed by atoms with Crippen LogP contribution in [0.4, 0.5) is 11.8 Å². The lowest BCUT2D eigenvalue weighted by atomic mass is 10.0. The van der Waals surface area contributed by atoms with Crippen molar-refractivity contribution in [2.24, 2.45) is 0 Å². The van der Waals surface area contributed by atoms with Crippen molar-refractivity contribution in [2.45, 2.75) is 38.6 Å². The fraction of sp³-hybridized carbons (Fsp3) is 0.583. The summed E-state index contributed by atoms with van der Waals surface area (Å²) >= 11 is 0. The van der Waals surface area contributed by atoms with E-state index in [-0.39, 0.29) is 0 Å². The highest BCUT2D eigenvalue weighted by molar-refractivity contribution is 5.61. The molecule has 0 aromatic carbocycles. The molecule has 1 aliphatic rings. The Morgan fingerprint density at radius 3 is 3.11 bits per heavy atom. The standard InChI is InChI=1S/C12H18N6/c1-2-9-5-3-4-7-17(9)12-16-15-11-10(13)14-6-8-18(11)12/h6,8-9H,2-5,7H2,1H3,(H2,13,14). The van der Waals surface area contributed by atoms with Gasteiger partial charge in [0.25, 0.3) is 0 Å². The van der Waals surface area contributed by atoms with Gasteiger partial charge in [-0.25, -0.2) is 4.98 Å². The van der Waals surface area contributed by atoms with Gasteiger partial charge in [0, 0.05) is 25.0 Å². The molecule has 1 atom stereocenters. The maximum atomic E-state index is 5.81. The molecule has 1 unspecified atom stereocenters. The molecular weight excluding hydrogens is 228 g/mol. The Hall–Kier alpha value is -1.85. The van der Waals surface area contributed by atoms with Crippen LogP contribution in [0.25, 0.3) is 5.65 Å². The van der Waals surface area contributed by atoms with Gasteiger partial charge >= 0.3 is 0 Å². The van der Waals surface area contributed by atoms with Crippen LogP contribution in [0.15, 0.2) is 12.4 Å². The average molecular weight is 246 g/mol. The molecule has 2 aromatic heterocycles. The molecule has 0 saturated carbocycles. The van der Waals surface area contributed by atoms with Gasteiger partial charge in [0.1, 0.15) is 0 Å². The summed E-state index contributed by atoms with van der Waals surface area (Å²) in [6.45, 7) is 3.27. The van der Waals surface area contributed by atoms with Crippen molar-refractivity contribution in [3.05, 3.63) is 12.4 Å². The summed E-state index contributed by atoms with van der Waals surface area (Å²) in [6.07, 6.45) is 8.45. The highest BCUT2D eigenvalue weighted by Crippen LogP contribution is 2.26. The highest BCUT2D eigenvalue weighted by atomic mass is 15.4. The maximum Gasteiger partial charge on any atom is 0.232 e. The Morgan fingerprint density at radius 2 is 2.28 bits per heavy atom. The van der Waals surface area contributed by atoms with Crippen molar-refractivity contribution in [2.75, 3.05) is 17.2 Å². The first kappa shape index (κ1) is 11.3. The van der Waals surface area contributed by atoms with Gasteiger partial charge in [0.15, 0.2) is 5.82 Å². The Bertz CT molecular complexity index is 548. The Labute approximate surface area is 106 Å². The normalized spacial score (nSPS) is 20.5. The largest absolute Gasteiger partial charge is 0.381 e. The molecule has 6 heteroatoms. The van der Waals surface area contributed by atoms with Gasteiger partial charge in [0.05, 0.1) is 0 Å². The molecule has 1 aliphatic heterocycles. The smallest absolute Gasteiger partial charge is 0.232 e. The fourth-order valence-electron chi connectivity index (χ4n) is 2.72. The number of hydrogen-bond donors (Lipinski definition) is 1. The van der Waals surface area contributed by atoms with Crippen LogP contribution in [0, 0.1) is 0 Å². The van der Waals surface area contributed by atoms with E-state index in [1.807, 2.05) is 10.6 Å². The second-order valence-electron chi connectivity index (χ2n) is 4.76. The third-order valence-corrected chi connectivity index (χ3v) is 3.69. The van der Waals surface area contributed by atoms with Crippen LogP contribution in [-0.4, -0.2) is 32.2 Å². The zero-order valence-corrected chi connectivity index (χ0v) is 10.6. The zero-order chi connectivity index (χ0) is 12.5. The van der Waals surface area contributed by atoms with E-state index < -0.39 is 0 Å². The molecular formula is C12H18N6. The molecule has 0 bridgehead atoms. The van der Waals surface area contributed by atoms with E-state index in [0.717, 1.165) is 18.9 Å². The van der Waals surface area contributed by atoms with E-state index in [1.54, 1.807) is 6.20 Å². The van der Waals surface area contributed by atoms with Gasteiger partial charge in [-0.3, -0.25) is 4.40 Å². The number of nitrogens with zero attached hydrogens (tertiary/aromatic N) is 5. The summed E-state index contributed by atoms with van der Waals surface area (Å²) in [6, 6.07) is 0.556. The molecule has 2 aromatic rings. The quantitative estimate of drug-likeness (QED) is 0.868. The van der Waals surface area contributed by atoms with Crippen molar-refractivity contribution in [1.82, 2.24) is 19.6 Å². The topological polar surface area (TPSA) is 72.3 Å². The Kier molecular flexibility index (Phi) is 2.77. The van der Waals surface area contributed by atoms with Crippen LogP contribution >= 0.6 is 0 Å². The summed E-state index contributed by atoms with van der Waals surface area (Å²) in [7, 11) is 0. The lowest BCUT2D eigenvalue weighted by Crippen LogP contribution is -2.40. The maximum absolute atomic E-state index is 5.81. The predicted molar refractivity (Wildman–Crippen MR) is 70.5 cm³/mol. The van der Waals surface area contributed by atoms with Gasteiger partial charge in [-0.1, -0.05) is 6.92 Å². The van der Waals surface area contributed by atoms with Crippen LogP contribution in [-0.2, 0) is 0 Å². The second kappa shape index (κ2) is 4.44. The first-order valence-electron chi connectivity index (χ1n) is 6.53. The van der Waals surface area contributed by atoms with E-state index in [9.17, 15) is 0 Å². The minimum atomic E-state index is 0.432. The molecule has 0 radical (unpaired) electrons. The van der Waals surface area contributed by atoms with Crippen molar-refractivity contribution >= 4 is 17.4 Å². The average Bonchev–Trinajstić information content (AvgIpc) is 2.84. The van der Waals surface area contributed by atoms with Gasteiger partial charge < -0.3 is 10.6 Å². The van der Waals surface area contributed by atoms with Crippen LogP contribution in [0.3, 0.4) is 0 Å². The summed E-state index contributed by atoms with van der Waals surface area (Å²) in [5.41, 5.74) is 6.46. The number of fused-ring (bicyclic) bond motifs is 1. The van der Waals surface area contributed by atoms with E-state index >= 15 is 0 Å². The van der Waals surface area contributed by atoms with Gasteiger partial charge in [-0.05, 0) is 25.7 Å². The summed E-state index contributed by atoms with van der Waals surface area (Å²) in [4.78, 5) is 6.39. The third kappa shape index (κ3) is 1.68. The molecule has 0 amide bonds. The van der Waals surface area contributed by atoms with Crippen LogP contribution in [0.5, 0.6) is 0 Å². The van der Waals surface area contributed by atoms with Crippen LogP contribution < -0.4 is 10.6 Å². The number of piperidine rings is 1. The van der Waals surface area contributed by atoms with Crippen LogP contribution in [0.2, 0.25) is 0 Å². The summed E-state index contributed by atoms with van der Waals surface area (Å²) in [5.74, 6) is 1.33. The second-order valence-corrected chi connectivity index (χ2v) is 4.76. The third-order valence-electron chi connectivity index (χ3n) is 3.69. The summed E-state index contributed by atoms with van der Waals surface area (Å²) < 4.78 is 1.94. The molecule has 0 spiro atoms. The van der Waals surface area contributed by atoms with Crippen molar-refractivity contribution < 1.29 is 0 Å². The van der Waals surface area contributed by atoms with Crippen molar-refractivity contribution in [3.8, 4) is 0 Å². The van der Waals surface area contributed by atoms with E-state index in [2.05, 4.69) is 27.0 Å². The number of nitrogen functional groups attached to an aromatic ring is 1. The highest BCUT2D eigenvalue weighted by Gasteiger charge is 2.25. The number of nitrogens with two attached hydrogens (primary N) is 1. The lowest BCUT2D eigenvalue weighted by Gasteiger charge is -2.35. The minimum Gasteiger partial charge on any atom is -0.381 e. The van der Waals surface area contributed by atoms with E-state index in [4.69, 9.17) is 5.73 Å². The number of rotatable bonds is 2. The number of aromatic nitrogens is 4. The molecule has 96 valence electrons. The Morgan fingerprint density at radius 1 is 1.39 bits per heavy atom. The van der Waals surface area contributed by atoms with Crippen molar-refractivity contribution in [3.63, 3.8) is 0 Å². The lowest BCUT2D eigenvalue weighted by molar-refractivity contribution is 0.442. The molecule has 1 fully saturated rings. The molecule has 0 aliphatic carbocycles. The fourth-order valence-corrected chi connectivity index (χ4v) is 2.72. The molecule has 6 nitrogen and oxygen atoms in total. The van der Waals surface area contributed by atoms with Gasteiger partial charge in [-0.15, -0.1) is 10.2 Å². The van der Waals surface area contributed by atoms with E-state index in [1.165, 1.54) is 19.3 Å². The van der Waals surface area contributed by atoms with Gasteiger partial charge in [-0.2, -0.15) is 0 Å². The molecule has 3 rings (SSSR count). The minimum absolute atomic E-state index is 0.432. The monoisotopic (exact) mass is 246 g/mol. The van der Waals surface area contributed by atoms with Gasteiger partial charge in [0.2, 0.25) is 11.6 Å². The number of hydrogen-bond acceptors (Lipinski definition) is 5. The molecule has 2 N–H and O–H groups in total. The zero-order valence-electron chi connectivity index (χ0n) is 10.6. The molecule has 18 heavy (non-hydrogen) atoms. The van der Waals surface area contributed by atoms with E-state index in [0.29, 0.717) is 17.5 Å². The van der Waals surface area contributed by atoms with Crippen LogP contribution in [0.1, 0.15) is 32.6 Å². The SMILES string of the molecule is CCC1CCCCN1c1nnc2c(N)nccn12. The predicted octanol–water partition coefficient (Wildman–Crippen LogP) is 1.48. The molecule has 1 saturated heterocycles. The number of anilines is 2. The summed E-state index contributed by atoms with van der Waals surface area (Å²) in [5, 5.41) is 8.44. The first-order valence-corrected chi connectivity index (χ1v) is 6.53. The first-order chi connectivity index (χ1) is 8.81. The Balaban J connectivity index is 2.05. The van der Waals surface area contributed by atoms with Crippen molar-refractivity contribution in [1.29, 1.82) is 0 Å².